The summed E-state index contributed by atoms with van der Waals surface area (Å²) in [7, 11) is 1.83. The standard InChI is InChI=1S/C21H18F2N6O/c1-27-10-16(14-8-12(22)2-4-17(14)27)20-25-26-21(30)29(20)19-11-28(7-6-24)18-5-3-13(23)9-15(18)19/h2-5,8-11H,6-7,24H2,1H3,(H,26,30). The molecule has 30 heavy (non-hydrogen) atoms. The first kappa shape index (κ1) is 18.3. The van der Waals surface area contributed by atoms with E-state index in [1.165, 1.54) is 28.8 Å². The second-order valence-corrected chi connectivity index (χ2v) is 7.16. The molecule has 152 valence electrons. The number of aromatic amines is 1. The van der Waals surface area contributed by atoms with Gasteiger partial charge in [-0.05, 0) is 36.4 Å². The molecule has 0 amide bonds. The Morgan fingerprint density at radius 3 is 2.47 bits per heavy atom. The number of H-pyrrole nitrogens is 1. The van der Waals surface area contributed by atoms with E-state index < -0.39 is 11.5 Å². The maximum Gasteiger partial charge on any atom is 0.348 e. The highest BCUT2D eigenvalue weighted by atomic mass is 19.1. The molecule has 0 aliphatic heterocycles. The number of fused-ring (bicyclic) bond motifs is 2. The van der Waals surface area contributed by atoms with Crippen molar-refractivity contribution in [2.24, 2.45) is 12.8 Å². The average molecular weight is 408 g/mol. The van der Waals surface area contributed by atoms with Crippen LogP contribution in [0.25, 0.3) is 38.9 Å². The quantitative estimate of drug-likeness (QED) is 0.479. The van der Waals surface area contributed by atoms with Gasteiger partial charge >= 0.3 is 5.69 Å². The van der Waals surface area contributed by atoms with Crippen LogP contribution in [0.5, 0.6) is 0 Å². The van der Waals surface area contributed by atoms with Gasteiger partial charge in [0.1, 0.15) is 11.6 Å². The molecule has 0 atom stereocenters. The average Bonchev–Trinajstić information content (AvgIpc) is 3.35. The Labute approximate surface area is 169 Å². The summed E-state index contributed by atoms with van der Waals surface area (Å²) in [6.45, 7) is 0.889. The molecule has 0 aliphatic carbocycles. The summed E-state index contributed by atoms with van der Waals surface area (Å²) in [6.07, 6.45) is 3.54. The van der Waals surface area contributed by atoms with Gasteiger partial charge in [-0.1, -0.05) is 0 Å². The minimum Gasteiger partial charge on any atom is -0.350 e. The molecule has 5 aromatic rings. The highest BCUT2D eigenvalue weighted by Gasteiger charge is 2.21. The molecule has 7 nitrogen and oxygen atoms in total. The molecular formula is C21H18F2N6O. The van der Waals surface area contributed by atoms with Gasteiger partial charge in [-0.15, -0.1) is 0 Å². The van der Waals surface area contributed by atoms with Crippen LogP contribution in [-0.4, -0.2) is 30.4 Å². The monoisotopic (exact) mass is 408 g/mol. The van der Waals surface area contributed by atoms with Gasteiger partial charge in [-0.2, -0.15) is 5.10 Å². The number of aromatic nitrogens is 5. The molecule has 0 bridgehead atoms. The van der Waals surface area contributed by atoms with Gasteiger partial charge in [0, 0.05) is 54.4 Å². The van der Waals surface area contributed by atoms with Crippen LogP contribution >= 0.6 is 0 Å². The van der Waals surface area contributed by atoms with Crippen LogP contribution in [-0.2, 0) is 13.6 Å². The number of aryl methyl sites for hydroxylation is 1. The normalized spacial score (nSPS) is 11.7. The van der Waals surface area contributed by atoms with Crippen molar-refractivity contribution in [3.63, 3.8) is 0 Å². The topological polar surface area (TPSA) is 86.6 Å². The summed E-state index contributed by atoms with van der Waals surface area (Å²) in [5.74, 6) is -0.493. The minimum absolute atomic E-state index is 0.312. The fourth-order valence-corrected chi connectivity index (χ4v) is 4.00. The summed E-state index contributed by atoms with van der Waals surface area (Å²) in [4.78, 5) is 12.8. The minimum atomic E-state index is -0.477. The van der Waals surface area contributed by atoms with Crippen LogP contribution in [0.1, 0.15) is 0 Å². The van der Waals surface area contributed by atoms with Gasteiger partial charge in [0.25, 0.3) is 0 Å². The summed E-state index contributed by atoms with van der Waals surface area (Å²) in [5, 5.41) is 7.85. The smallest absolute Gasteiger partial charge is 0.348 e. The van der Waals surface area contributed by atoms with Crippen molar-refractivity contribution < 1.29 is 8.78 Å². The zero-order valence-electron chi connectivity index (χ0n) is 16.1. The zero-order valence-corrected chi connectivity index (χ0v) is 16.1. The van der Waals surface area contributed by atoms with E-state index in [1.807, 2.05) is 16.2 Å². The molecule has 0 unspecified atom stereocenters. The highest BCUT2D eigenvalue weighted by molar-refractivity contribution is 5.96. The predicted molar refractivity (Wildman–Crippen MR) is 111 cm³/mol. The van der Waals surface area contributed by atoms with E-state index >= 15 is 0 Å². The molecule has 0 radical (unpaired) electrons. The zero-order chi connectivity index (χ0) is 21.0. The van der Waals surface area contributed by atoms with E-state index in [0.29, 0.717) is 40.9 Å². The number of nitrogens with two attached hydrogens (primary N) is 1. The number of benzene rings is 2. The first-order valence-electron chi connectivity index (χ1n) is 9.39. The number of halogens is 2. The van der Waals surface area contributed by atoms with Crippen molar-refractivity contribution in [2.75, 3.05) is 6.54 Å². The fraction of sp³-hybridized carbons (Fsp3) is 0.143. The van der Waals surface area contributed by atoms with E-state index in [0.717, 1.165) is 11.0 Å². The summed E-state index contributed by atoms with van der Waals surface area (Å²) in [6, 6.07) is 8.86. The lowest BCUT2D eigenvalue weighted by Crippen LogP contribution is -2.15. The Morgan fingerprint density at radius 1 is 1.03 bits per heavy atom. The molecule has 2 aromatic carbocycles. The third kappa shape index (κ3) is 2.66. The van der Waals surface area contributed by atoms with E-state index in [9.17, 15) is 13.6 Å². The fourth-order valence-electron chi connectivity index (χ4n) is 4.00. The van der Waals surface area contributed by atoms with Gasteiger partial charge in [-0.25, -0.2) is 23.2 Å². The molecule has 0 saturated carbocycles. The molecule has 0 saturated heterocycles. The van der Waals surface area contributed by atoms with E-state index in [2.05, 4.69) is 10.2 Å². The van der Waals surface area contributed by atoms with E-state index in [1.54, 1.807) is 24.5 Å². The van der Waals surface area contributed by atoms with Gasteiger partial charge in [-0.3, -0.25) is 0 Å². The van der Waals surface area contributed by atoms with Crippen LogP contribution in [0, 0.1) is 11.6 Å². The van der Waals surface area contributed by atoms with Crippen LogP contribution in [0.15, 0.2) is 53.6 Å². The summed E-state index contributed by atoms with van der Waals surface area (Å²) < 4.78 is 33.1. The largest absolute Gasteiger partial charge is 0.350 e. The van der Waals surface area contributed by atoms with Gasteiger partial charge in [0.15, 0.2) is 5.82 Å². The van der Waals surface area contributed by atoms with Crippen LogP contribution in [0.2, 0.25) is 0 Å². The Bertz CT molecular complexity index is 1470. The second kappa shape index (κ2) is 6.67. The Morgan fingerprint density at radius 2 is 1.73 bits per heavy atom. The van der Waals surface area contributed by atoms with Crippen LogP contribution < -0.4 is 11.4 Å². The predicted octanol–water partition coefficient (Wildman–Crippen LogP) is 2.91. The first-order chi connectivity index (χ1) is 14.5. The molecule has 9 heteroatoms. The van der Waals surface area contributed by atoms with E-state index in [-0.39, 0.29) is 5.82 Å². The SMILES string of the molecule is Cn1cc(-c2n[nH]c(=O)n2-c2cn(CCN)c3ccc(F)cc23)c2cc(F)ccc21. The van der Waals surface area contributed by atoms with Crippen molar-refractivity contribution in [1.82, 2.24) is 23.9 Å². The number of nitrogens with zero attached hydrogens (tertiary/aromatic N) is 4. The first-order valence-corrected chi connectivity index (χ1v) is 9.39. The van der Waals surface area contributed by atoms with Gasteiger partial charge in [0.05, 0.1) is 11.2 Å². The Kier molecular flexibility index (Phi) is 4.07. The van der Waals surface area contributed by atoms with Crippen molar-refractivity contribution in [3.05, 3.63) is 70.9 Å². The number of hydrogen-bond donors (Lipinski definition) is 2. The van der Waals surface area contributed by atoms with Gasteiger partial charge in [0.2, 0.25) is 0 Å². The highest BCUT2D eigenvalue weighted by Crippen LogP contribution is 2.32. The summed E-state index contributed by atoms with van der Waals surface area (Å²) in [5.41, 5.74) is 7.85. The lowest BCUT2D eigenvalue weighted by Gasteiger charge is -2.04. The van der Waals surface area contributed by atoms with Crippen molar-refractivity contribution in [1.29, 1.82) is 0 Å². The molecule has 3 N–H and O–H groups in total. The van der Waals surface area contributed by atoms with Gasteiger partial charge < -0.3 is 14.9 Å². The van der Waals surface area contributed by atoms with Crippen LogP contribution in [0.4, 0.5) is 8.78 Å². The maximum atomic E-state index is 14.0. The molecule has 0 fully saturated rings. The van der Waals surface area contributed by atoms with E-state index in [4.69, 9.17) is 5.73 Å². The second-order valence-electron chi connectivity index (χ2n) is 7.16. The Balaban J connectivity index is 1.83. The number of rotatable bonds is 4. The number of hydrogen-bond acceptors (Lipinski definition) is 3. The third-order valence-electron chi connectivity index (χ3n) is 5.30. The molecular weight excluding hydrogens is 390 g/mol. The lowest BCUT2D eigenvalue weighted by atomic mass is 10.1. The molecule has 0 spiro atoms. The molecule has 5 rings (SSSR count). The third-order valence-corrected chi connectivity index (χ3v) is 5.30. The van der Waals surface area contributed by atoms with Crippen molar-refractivity contribution in [3.8, 4) is 17.1 Å². The lowest BCUT2D eigenvalue weighted by molar-refractivity contribution is 0.629. The Hall–Kier alpha value is -3.72. The molecule has 0 aliphatic rings. The number of nitrogens with one attached hydrogen (secondary N) is 1. The molecule has 3 heterocycles. The molecule has 3 aromatic heterocycles. The van der Waals surface area contributed by atoms with Crippen molar-refractivity contribution >= 4 is 21.8 Å². The van der Waals surface area contributed by atoms with Crippen molar-refractivity contribution in [2.45, 2.75) is 6.54 Å². The summed E-state index contributed by atoms with van der Waals surface area (Å²) >= 11 is 0. The van der Waals surface area contributed by atoms with Crippen LogP contribution in [0.3, 0.4) is 0 Å². The maximum absolute atomic E-state index is 14.0.